The minimum atomic E-state index is -0.130. The molecular formula is C5H10N6O. The van der Waals surface area contributed by atoms with E-state index in [1.54, 1.807) is 0 Å². The van der Waals surface area contributed by atoms with Gasteiger partial charge in [0.2, 0.25) is 11.9 Å². The minimum Gasteiger partial charge on any atom is -0.422 e. The number of nitrogens with two attached hydrogens (primary N) is 2. The highest BCUT2D eigenvalue weighted by Gasteiger charge is 2.00. The Morgan fingerprint density at radius 3 is 2.33 bits per heavy atom. The van der Waals surface area contributed by atoms with Crippen molar-refractivity contribution < 1.29 is 5.21 Å². The largest absolute Gasteiger partial charge is 0.422 e. The molecule has 0 fully saturated rings. The first-order valence-electron chi connectivity index (χ1n) is 3.37. The van der Waals surface area contributed by atoms with Crippen molar-refractivity contribution in [2.45, 2.75) is 6.92 Å². The summed E-state index contributed by atoms with van der Waals surface area (Å²) < 4.78 is 0.495. The molecule has 0 amide bonds. The lowest BCUT2D eigenvalue weighted by atomic mass is 10.8. The van der Waals surface area contributed by atoms with E-state index >= 15 is 0 Å². The average molecular weight is 170 g/mol. The summed E-state index contributed by atoms with van der Waals surface area (Å²) in [7, 11) is 0. The Balaban J connectivity index is 3.31. The second kappa shape index (κ2) is 3.07. The fourth-order valence-electron chi connectivity index (χ4n) is 0.654. The van der Waals surface area contributed by atoms with Gasteiger partial charge in [0, 0.05) is 6.54 Å². The van der Waals surface area contributed by atoms with Gasteiger partial charge in [-0.15, -0.1) is 4.73 Å². The van der Waals surface area contributed by atoms with E-state index in [2.05, 4.69) is 15.0 Å². The maximum atomic E-state index is 9.00. The van der Waals surface area contributed by atoms with E-state index < -0.39 is 0 Å². The van der Waals surface area contributed by atoms with E-state index in [0.29, 0.717) is 11.3 Å². The van der Waals surface area contributed by atoms with Crippen molar-refractivity contribution >= 4 is 11.9 Å². The van der Waals surface area contributed by atoms with Gasteiger partial charge < -0.3 is 16.7 Å². The van der Waals surface area contributed by atoms with Crippen molar-refractivity contribution in [2.24, 2.45) is 4.99 Å². The van der Waals surface area contributed by atoms with E-state index in [9.17, 15) is 0 Å². The third-order valence-electron chi connectivity index (χ3n) is 1.16. The normalized spacial score (nSPS) is 9.75. The minimum absolute atomic E-state index is 0.130. The van der Waals surface area contributed by atoms with Crippen molar-refractivity contribution in [3.05, 3.63) is 5.62 Å². The van der Waals surface area contributed by atoms with Crippen LogP contribution in [0.15, 0.2) is 4.99 Å². The molecule has 0 atom stereocenters. The van der Waals surface area contributed by atoms with Crippen molar-refractivity contribution in [1.29, 1.82) is 0 Å². The zero-order valence-corrected chi connectivity index (χ0v) is 6.60. The number of nitrogens with zero attached hydrogens (tertiary/aromatic N) is 4. The van der Waals surface area contributed by atoms with Crippen LogP contribution in [0.4, 0.5) is 11.9 Å². The summed E-state index contributed by atoms with van der Waals surface area (Å²) in [5, 5.41) is 9.00. The van der Waals surface area contributed by atoms with Crippen molar-refractivity contribution in [3.8, 4) is 0 Å². The summed E-state index contributed by atoms with van der Waals surface area (Å²) in [4.78, 5) is 11.2. The molecule has 0 spiro atoms. The lowest BCUT2D eigenvalue weighted by molar-refractivity contribution is 0.190. The molecule has 0 aliphatic rings. The Kier molecular flexibility index (Phi) is 2.13. The average Bonchev–Trinajstić information content (AvgIpc) is 2.01. The van der Waals surface area contributed by atoms with Crippen molar-refractivity contribution in [3.63, 3.8) is 0 Å². The standard InChI is InChI=1S/C5H10N6O/c1-2-8-5-9-3(6)11(12)4(7)10-5/h12H,2H2,1H3,(H4,6,7,8,9,10). The number of anilines is 2. The van der Waals surface area contributed by atoms with E-state index in [4.69, 9.17) is 16.7 Å². The Labute approximate surface area is 68.4 Å². The highest BCUT2D eigenvalue weighted by atomic mass is 16.5. The van der Waals surface area contributed by atoms with Gasteiger partial charge in [0.05, 0.1) is 0 Å². The summed E-state index contributed by atoms with van der Waals surface area (Å²) in [6.45, 7) is 2.37. The summed E-state index contributed by atoms with van der Waals surface area (Å²) >= 11 is 0. The summed E-state index contributed by atoms with van der Waals surface area (Å²) in [5.41, 5.74) is 10.7. The van der Waals surface area contributed by atoms with E-state index in [1.165, 1.54) is 0 Å². The molecule has 7 nitrogen and oxygen atoms in total. The van der Waals surface area contributed by atoms with Gasteiger partial charge in [-0.05, 0) is 6.92 Å². The molecule has 0 unspecified atom stereocenters. The predicted octanol–water partition coefficient (Wildman–Crippen LogP) is -1.40. The third-order valence-corrected chi connectivity index (χ3v) is 1.16. The van der Waals surface area contributed by atoms with Crippen LogP contribution in [0.25, 0.3) is 0 Å². The summed E-state index contributed by atoms with van der Waals surface area (Å²) in [5.74, 6) is -0.260. The monoisotopic (exact) mass is 170 g/mol. The van der Waals surface area contributed by atoms with Gasteiger partial charge in [-0.25, -0.2) is 4.99 Å². The fraction of sp³-hybridized carbons (Fsp3) is 0.400. The maximum absolute atomic E-state index is 9.00. The molecule has 0 aliphatic heterocycles. The van der Waals surface area contributed by atoms with Crippen LogP contribution in [0.3, 0.4) is 0 Å². The van der Waals surface area contributed by atoms with Crippen LogP contribution in [0, 0.1) is 0 Å². The second-order valence-corrected chi connectivity index (χ2v) is 2.03. The third kappa shape index (κ3) is 1.44. The topological polar surface area (TPSA) is 115 Å². The van der Waals surface area contributed by atoms with Gasteiger partial charge in [0.1, 0.15) is 0 Å². The smallest absolute Gasteiger partial charge is 0.251 e. The van der Waals surface area contributed by atoms with Gasteiger partial charge in [0.15, 0.2) is 0 Å². The van der Waals surface area contributed by atoms with Gasteiger partial charge in [0.25, 0.3) is 5.62 Å². The van der Waals surface area contributed by atoms with E-state index in [1.807, 2.05) is 6.92 Å². The van der Waals surface area contributed by atoms with Crippen LogP contribution in [0.5, 0.6) is 0 Å². The molecule has 7 heteroatoms. The second-order valence-electron chi connectivity index (χ2n) is 2.03. The van der Waals surface area contributed by atoms with Crippen molar-refractivity contribution in [1.82, 2.24) is 14.7 Å². The molecule has 0 aliphatic carbocycles. The molecule has 12 heavy (non-hydrogen) atoms. The Morgan fingerprint density at radius 2 is 1.92 bits per heavy atom. The highest BCUT2D eigenvalue weighted by molar-refractivity contribution is 5.25. The van der Waals surface area contributed by atoms with E-state index in [-0.39, 0.29) is 17.5 Å². The molecule has 0 aromatic carbocycles. The van der Waals surface area contributed by atoms with E-state index in [0.717, 1.165) is 0 Å². The number of hydrogen-bond acceptors (Lipinski definition) is 6. The van der Waals surface area contributed by atoms with Crippen LogP contribution >= 0.6 is 0 Å². The highest BCUT2D eigenvalue weighted by Crippen LogP contribution is 1.94. The molecule has 5 N–H and O–H groups in total. The Bertz CT molecular complexity index is 316. The quantitative estimate of drug-likeness (QED) is 0.448. The first-order valence-corrected chi connectivity index (χ1v) is 3.37. The van der Waals surface area contributed by atoms with Gasteiger partial charge in [-0.1, -0.05) is 0 Å². The Hall–Kier alpha value is -1.79. The van der Waals surface area contributed by atoms with Crippen LogP contribution in [-0.4, -0.2) is 26.5 Å². The number of hydrogen-bond donors (Lipinski definition) is 3. The molecule has 0 bridgehead atoms. The first kappa shape index (κ1) is 8.31. The number of rotatable bonds is 1. The molecular weight excluding hydrogens is 160 g/mol. The zero-order valence-electron chi connectivity index (χ0n) is 6.60. The predicted molar refractivity (Wildman–Crippen MR) is 42.1 cm³/mol. The lowest BCUT2D eigenvalue weighted by Gasteiger charge is -2.01. The van der Waals surface area contributed by atoms with Gasteiger partial charge >= 0.3 is 0 Å². The molecule has 0 saturated carbocycles. The molecule has 1 aromatic rings. The van der Waals surface area contributed by atoms with Crippen LogP contribution < -0.4 is 17.1 Å². The molecule has 1 aromatic heterocycles. The van der Waals surface area contributed by atoms with Gasteiger partial charge in [-0.2, -0.15) is 9.97 Å². The summed E-state index contributed by atoms with van der Waals surface area (Å²) in [6.07, 6.45) is 0. The summed E-state index contributed by atoms with van der Waals surface area (Å²) in [6, 6.07) is 0. The molecule has 1 heterocycles. The molecule has 66 valence electrons. The van der Waals surface area contributed by atoms with Crippen LogP contribution in [-0.2, 0) is 0 Å². The zero-order chi connectivity index (χ0) is 9.14. The van der Waals surface area contributed by atoms with Crippen LogP contribution in [0.2, 0.25) is 0 Å². The SMILES string of the molecule is CCN=c1nc(N)n(O)c(N)n1. The van der Waals surface area contributed by atoms with Gasteiger partial charge in [-0.3, -0.25) is 0 Å². The number of nitrogen functional groups attached to an aromatic ring is 2. The Morgan fingerprint density at radius 1 is 1.42 bits per heavy atom. The molecule has 0 saturated heterocycles. The first-order chi connectivity index (χ1) is 5.65. The molecule has 0 radical (unpaired) electrons. The van der Waals surface area contributed by atoms with Crippen molar-refractivity contribution in [2.75, 3.05) is 18.0 Å². The maximum Gasteiger partial charge on any atom is 0.251 e. The fourth-order valence-corrected chi connectivity index (χ4v) is 0.654. The van der Waals surface area contributed by atoms with Crippen LogP contribution in [0.1, 0.15) is 6.92 Å². The number of aromatic nitrogens is 3. The lowest BCUT2D eigenvalue weighted by Crippen LogP contribution is -2.23. The molecule has 1 rings (SSSR count).